The summed E-state index contributed by atoms with van der Waals surface area (Å²) >= 11 is 0. The van der Waals surface area contributed by atoms with Crippen LogP contribution in [0.2, 0.25) is 0 Å². The molecule has 2 aromatic heterocycles. The minimum Gasteiger partial charge on any atom is -0.356 e. The second kappa shape index (κ2) is 8.65. The SMILES string of the molecule is Cc1cc(C)c(NC(=O)C2CCCN(c3cc(-c4ccccc4)nc4ncnn34)C2)c(C)c1. The number of hydrogen-bond acceptors (Lipinski definition) is 5. The zero-order valence-electron chi connectivity index (χ0n) is 19.2. The van der Waals surface area contributed by atoms with Crippen molar-refractivity contribution in [2.24, 2.45) is 5.92 Å². The number of carbonyl (C=O) groups excluding carboxylic acids is 1. The number of carbonyl (C=O) groups is 1. The first kappa shape index (κ1) is 21.1. The second-order valence-electron chi connectivity index (χ2n) is 8.89. The smallest absolute Gasteiger partial charge is 0.254 e. The maximum Gasteiger partial charge on any atom is 0.254 e. The Labute approximate surface area is 193 Å². The summed E-state index contributed by atoms with van der Waals surface area (Å²) in [6.07, 6.45) is 3.32. The monoisotopic (exact) mass is 440 g/mol. The maximum absolute atomic E-state index is 13.3. The first-order valence-corrected chi connectivity index (χ1v) is 11.4. The molecule has 1 unspecified atom stereocenters. The predicted octanol–water partition coefficient (Wildman–Crippen LogP) is 4.57. The Morgan fingerprint density at radius 2 is 1.82 bits per heavy atom. The summed E-state index contributed by atoms with van der Waals surface area (Å²) in [6.45, 7) is 7.66. The Balaban J connectivity index is 1.42. The molecule has 1 N–H and O–H groups in total. The molecule has 33 heavy (non-hydrogen) atoms. The van der Waals surface area contributed by atoms with Crippen molar-refractivity contribution in [2.45, 2.75) is 33.6 Å². The van der Waals surface area contributed by atoms with Crippen molar-refractivity contribution < 1.29 is 4.79 Å². The van der Waals surface area contributed by atoms with Gasteiger partial charge in [0.05, 0.1) is 11.6 Å². The quantitative estimate of drug-likeness (QED) is 0.503. The van der Waals surface area contributed by atoms with Crippen LogP contribution in [-0.2, 0) is 4.79 Å². The molecule has 1 amide bonds. The van der Waals surface area contributed by atoms with E-state index in [-0.39, 0.29) is 11.8 Å². The van der Waals surface area contributed by atoms with Gasteiger partial charge < -0.3 is 10.2 Å². The predicted molar refractivity (Wildman–Crippen MR) is 130 cm³/mol. The first-order valence-electron chi connectivity index (χ1n) is 11.4. The van der Waals surface area contributed by atoms with Crippen molar-refractivity contribution in [3.8, 4) is 11.3 Å². The van der Waals surface area contributed by atoms with Gasteiger partial charge in [-0.05, 0) is 44.7 Å². The highest BCUT2D eigenvalue weighted by atomic mass is 16.1. The Kier molecular flexibility index (Phi) is 5.54. The summed E-state index contributed by atoms with van der Waals surface area (Å²) in [6, 6.07) is 16.3. The lowest BCUT2D eigenvalue weighted by Crippen LogP contribution is -2.41. The standard InChI is InChI=1S/C26H28N6O/c1-17-12-18(2)24(19(3)13-17)30-25(33)21-10-7-11-31(15-21)23-14-22(20-8-5-4-6-9-20)29-26-27-16-28-32(23)26/h4-6,8-9,12-14,16,21H,7,10-11,15H2,1-3H3,(H,30,33). The van der Waals surface area contributed by atoms with Crippen molar-refractivity contribution in [1.29, 1.82) is 0 Å². The number of anilines is 2. The first-order chi connectivity index (χ1) is 16.0. The van der Waals surface area contributed by atoms with E-state index in [9.17, 15) is 4.79 Å². The Bertz CT molecular complexity index is 1290. The van der Waals surface area contributed by atoms with Gasteiger partial charge in [-0.1, -0.05) is 48.0 Å². The average Bonchev–Trinajstić information content (AvgIpc) is 3.30. The van der Waals surface area contributed by atoms with Crippen LogP contribution in [-0.4, -0.2) is 38.6 Å². The zero-order chi connectivity index (χ0) is 22.9. The van der Waals surface area contributed by atoms with Gasteiger partial charge in [-0.3, -0.25) is 4.79 Å². The highest BCUT2D eigenvalue weighted by molar-refractivity contribution is 5.94. The zero-order valence-corrected chi connectivity index (χ0v) is 19.2. The summed E-state index contributed by atoms with van der Waals surface area (Å²) in [4.78, 5) is 24.5. The van der Waals surface area contributed by atoms with Crippen molar-refractivity contribution in [2.75, 3.05) is 23.3 Å². The van der Waals surface area contributed by atoms with Gasteiger partial charge in [-0.25, -0.2) is 4.98 Å². The fraction of sp³-hybridized carbons (Fsp3) is 0.308. The number of rotatable bonds is 4. The number of hydrogen-bond donors (Lipinski definition) is 1. The van der Waals surface area contributed by atoms with Crippen molar-refractivity contribution >= 4 is 23.2 Å². The third-order valence-electron chi connectivity index (χ3n) is 6.34. The largest absolute Gasteiger partial charge is 0.356 e. The number of fused-ring (bicyclic) bond motifs is 1. The molecule has 1 saturated heterocycles. The highest BCUT2D eigenvalue weighted by Crippen LogP contribution is 2.29. The molecule has 168 valence electrons. The van der Waals surface area contributed by atoms with E-state index in [0.29, 0.717) is 12.3 Å². The van der Waals surface area contributed by atoms with Crippen molar-refractivity contribution in [3.63, 3.8) is 0 Å². The normalized spacial score (nSPS) is 16.2. The molecule has 0 bridgehead atoms. The van der Waals surface area contributed by atoms with Gasteiger partial charge >= 0.3 is 0 Å². The lowest BCUT2D eigenvalue weighted by Gasteiger charge is -2.33. The van der Waals surface area contributed by atoms with Gasteiger partial charge in [0, 0.05) is 30.4 Å². The molecular formula is C26H28N6O. The van der Waals surface area contributed by atoms with Crippen LogP contribution in [0.25, 0.3) is 17.0 Å². The fourth-order valence-corrected chi connectivity index (χ4v) is 4.78. The van der Waals surface area contributed by atoms with Crippen LogP contribution < -0.4 is 10.2 Å². The fourth-order valence-electron chi connectivity index (χ4n) is 4.78. The molecule has 3 heterocycles. The van der Waals surface area contributed by atoms with Crippen LogP contribution in [0, 0.1) is 26.7 Å². The molecule has 1 fully saturated rings. The molecule has 4 aromatic rings. The minimum absolute atomic E-state index is 0.0712. The Morgan fingerprint density at radius 3 is 2.58 bits per heavy atom. The van der Waals surface area contributed by atoms with Crippen LogP contribution in [0.5, 0.6) is 0 Å². The van der Waals surface area contributed by atoms with Crippen LogP contribution >= 0.6 is 0 Å². The number of nitrogens with one attached hydrogen (secondary N) is 1. The van der Waals surface area contributed by atoms with Gasteiger partial charge in [0.25, 0.3) is 5.78 Å². The summed E-state index contributed by atoms with van der Waals surface area (Å²) in [5.74, 6) is 1.44. The number of nitrogens with zero attached hydrogens (tertiary/aromatic N) is 5. The number of aryl methyl sites for hydroxylation is 3. The maximum atomic E-state index is 13.3. The van der Waals surface area contributed by atoms with Gasteiger partial charge in [0.2, 0.25) is 5.91 Å². The van der Waals surface area contributed by atoms with E-state index in [2.05, 4.69) is 44.3 Å². The average molecular weight is 441 g/mol. The lowest BCUT2D eigenvalue weighted by atomic mass is 9.96. The molecule has 2 aromatic carbocycles. The van der Waals surface area contributed by atoms with Crippen molar-refractivity contribution in [3.05, 3.63) is 71.5 Å². The minimum atomic E-state index is -0.106. The third-order valence-corrected chi connectivity index (χ3v) is 6.34. The van der Waals surface area contributed by atoms with Gasteiger partial charge in [0.1, 0.15) is 12.1 Å². The molecule has 1 atom stereocenters. The summed E-state index contributed by atoms with van der Waals surface area (Å²) in [5.41, 5.74) is 6.20. The van der Waals surface area contributed by atoms with E-state index in [1.165, 1.54) is 11.9 Å². The molecule has 0 saturated carbocycles. The number of aromatic nitrogens is 4. The van der Waals surface area contributed by atoms with E-state index in [1.807, 2.05) is 50.2 Å². The molecule has 0 radical (unpaired) electrons. The molecule has 7 nitrogen and oxygen atoms in total. The molecule has 7 heteroatoms. The Morgan fingerprint density at radius 1 is 1.06 bits per heavy atom. The van der Waals surface area contributed by atoms with Crippen molar-refractivity contribution in [1.82, 2.24) is 19.6 Å². The highest BCUT2D eigenvalue weighted by Gasteiger charge is 2.28. The van der Waals surface area contributed by atoms with E-state index in [0.717, 1.165) is 53.3 Å². The molecular weight excluding hydrogens is 412 g/mol. The van der Waals surface area contributed by atoms with Gasteiger partial charge in [-0.15, -0.1) is 0 Å². The third kappa shape index (κ3) is 4.18. The molecule has 5 rings (SSSR count). The molecule has 0 aliphatic carbocycles. The molecule has 0 spiro atoms. The summed E-state index contributed by atoms with van der Waals surface area (Å²) < 4.78 is 1.76. The Hall–Kier alpha value is -3.74. The van der Waals surface area contributed by atoms with Crippen LogP contribution in [0.1, 0.15) is 29.5 Å². The van der Waals surface area contributed by atoms with E-state index >= 15 is 0 Å². The molecule has 1 aliphatic heterocycles. The van der Waals surface area contributed by atoms with E-state index < -0.39 is 0 Å². The van der Waals surface area contributed by atoms with Gasteiger partial charge in [0.15, 0.2) is 0 Å². The van der Waals surface area contributed by atoms with Gasteiger partial charge in [-0.2, -0.15) is 14.6 Å². The van der Waals surface area contributed by atoms with Crippen LogP contribution in [0.15, 0.2) is 54.9 Å². The topological polar surface area (TPSA) is 75.4 Å². The summed E-state index contributed by atoms with van der Waals surface area (Å²) in [7, 11) is 0. The van der Waals surface area contributed by atoms with E-state index in [4.69, 9.17) is 0 Å². The number of amides is 1. The number of benzene rings is 2. The lowest BCUT2D eigenvalue weighted by molar-refractivity contribution is -0.120. The van der Waals surface area contributed by atoms with Crippen LogP contribution in [0.4, 0.5) is 11.5 Å². The van der Waals surface area contributed by atoms with E-state index in [1.54, 1.807) is 4.52 Å². The number of piperidine rings is 1. The van der Waals surface area contributed by atoms with Crippen LogP contribution in [0.3, 0.4) is 0 Å². The summed E-state index contributed by atoms with van der Waals surface area (Å²) in [5, 5.41) is 7.60. The second-order valence-corrected chi connectivity index (χ2v) is 8.89. The molecule has 1 aliphatic rings.